The number of thioether (sulfide) groups is 1. The molecule has 120 valence electrons. The molecule has 1 atom stereocenters. The number of fused-ring (bicyclic) bond motifs is 1. The van der Waals surface area contributed by atoms with Gasteiger partial charge in [-0.3, -0.25) is 14.8 Å². The van der Waals surface area contributed by atoms with Gasteiger partial charge in [0.1, 0.15) is 0 Å². The van der Waals surface area contributed by atoms with Crippen molar-refractivity contribution in [3.8, 4) is 0 Å². The van der Waals surface area contributed by atoms with Crippen molar-refractivity contribution in [2.75, 3.05) is 23.4 Å². The average molecular weight is 361 g/mol. The molecule has 1 aliphatic heterocycles. The molecule has 1 unspecified atom stereocenters. The van der Waals surface area contributed by atoms with Crippen LogP contribution in [0, 0.1) is 0 Å². The maximum absolute atomic E-state index is 12.1. The lowest BCUT2D eigenvalue weighted by Crippen LogP contribution is -2.39. The molecule has 0 saturated carbocycles. The summed E-state index contributed by atoms with van der Waals surface area (Å²) in [6.45, 7) is 0.977. The van der Waals surface area contributed by atoms with E-state index in [4.69, 9.17) is 0 Å². The molecule has 1 aliphatic rings. The highest BCUT2D eigenvalue weighted by atomic mass is 35.5. The Balaban J connectivity index is 0.00000121. The van der Waals surface area contributed by atoms with E-state index < -0.39 is 0 Å². The first-order valence-electron chi connectivity index (χ1n) is 6.62. The molecule has 0 aromatic carbocycles. The van der Waals surface area contributed by atoms with Gasteiger partial charge in [0.05, 0.1) is 11.2 Å². The van der Waals surface area contributed by atoms with Crippen molar-refractivity contribution < 1.29 is 4.79 Å². The number of anilines is 1. The molecule has 1 fully saturated rings. The van der Waals surface area contributed by atoms with Crippen molar-refractivity contribution in [2.24, 2.45) is 0 Å². The summed E-state index contributed by atoms with van der Waals surface area (Å²) in [6, 6.07) is 3.91. The molecule has 0 spiro atoms. The van der Waals surface area contributed by atoms with Gasteiger partial charge < -0.3 is 10.6 Å². The van der Waals surface area contributed by atoms with E-state index in [0.29, 0.717) is 6.42 Å². The summed E-state index contributed by atoms with van der Waals surface area (Å²) in [6.07, 6.45) is 5.63. The highest BCUT2D eigenvalue weighted by Gasteiger charge is 2.17. The predicted octanol–water partition coefficient (Wildman–Crippen LogP) is 2.51. The lowest BCUT2D eigenvalue weighted by atomic mass is 10.2. The first kappa shape index (κ1) is 19.0. The van der Waals surface area contributed by atoms with Crippen LogP contribution in [0.15, 0.2) is 30.7 Å². The lowest BCUT2D eigenvalue weighted by Gasteiger charge is -2.22. The van der Waals surface area contributed by atoms with E-state index in [2.05, 4.69) is 20.6 Å². The normalized spacial score (nSPS) is 17.2. The fourth-order valence-electron chi connectivity index (χ4n) is 2.27. The third-order valence-corrected chi connectivity index (χ3v) is 4.38. The third kappa shape index (κ3) is 4.71. The summed E-state index contributed by atoms with van der Waals surface area (Å²) in [4.78, 5) is 20.5. The van der Waals surface area contributed by atoms with Gasteiger partial charge in [0.25, 0.3) is 0 Å². The summed E-state index contributed by atoms with van der Waals surface area (Å²) in [5, 5.41) is 7.20. The summed E-state index contributed by atoms with van der Waals surface area (Å²) in [5.74, 6) is 2.14. The van der Waals surface area contributed by atoms with Crippen LogP contribution >= 0.6 is 36.6 Å². The number of carbonyl (C=O) groups is 1. The minimum Gasteiger partial charge on any atom is -0.325 e. The molecule has 5 nitrogen and oxygen atoms in total. The van der Waals surface area contributed by atoms with E-state index in [0.717, 1.165) is 34.6 Å². The molecule has 2 N–H and O–H groups in total. The molecule has 0 radical (unpaired) electrons. The second-order valence-electron chi connectivity index (χ2n) is 4.73. The van der Waals surface area contributed by atoms with Crippen molar-refractivity contribution in [1.82, 2.24) is 15.3 Å². The van der Waals surface area contributed by atoms with Crippen LogP contribution in [0.3, 0.4) is 0 Å². The van der Waals surface area contributed by atoms with Gasteiger partial charge in [-0.2, -0.15) is 11.8 Å². The number of rotatable bonds is 3. The van der Waals surface area contributed by atoms with Gasteiger partial charge in [-0.15, -0.1) is 24.8 Å². The van der Waals surface area contributed by atoms with Crippen LogP contribution in [-0.4, -0.2) is 40.0 Å². The van der Waals surface area contributed by atoms with E-state index in [1.165, 1.54) is 0 Å². The Morgan fingerprint density at radius 3 is 3.00 bits per heavy atom. The van der Waals surface area contributed by atoms with E-state index in [1.807, 2.05) is 23.9 Å². The minimum absolute atomic E-state index is 0. The van der Waals surface area contributed by atoms with E-state index >= 15 is 0 Å². The molecule has 2 aromatic heterocycles. The zero-order chi connectivity index (χ0) is 13.8. The number of nitrogens with zero attached hydrogens (tertiary/aromatic N) is 2. The number of pyridine rings is 2. The van der Waals surface area contributed by atoms with E-state index in [9.17, 15) is 4.79 Å². The molecular weight excluding hydrogens is 343 g/mol. The van der Waals surface area contributed by atoms with Crippen LogP contribution in [0.4, 0.5) is 5.69 Å². The van der Waals surface area contributed by atoms with Gasteiger partial charge in [0.2, 0.25) is 5.91 Å². The molecule has 8 heteroatoms. The number of hydrogen-bond donors (Lipinski definition) is 2. The van der Waals surface area contributed by atoms with Gasteiger partial charge >= 0.3 is 0 Å². The highest BCUT2D eigenvalue weighted by molar-refractivity contribution is 7.99. The van der Waals surface area contributed by atoms with Crippen molar-refractivity contribution in [3.05, 3.63) is 30.7 Å². The molecule has 0 aliphatic carbocycles. The fraction of sp³-hybridized carbons (Fsp3) is 0.357. The molecular formula is C14H18Cl2N4OS. The summed E-state index contributed by atoms with van der Waals surface area (Å²) in [5.41, 5.74) is 1.61. The number of halogens is 2. The van der Waals surface area contributed by atoms with Gasteiger partial charge in [-0.25, -0.2) is 0 Å². The first-order valence-corrected chi connectivity index (χ1v) is 7.78. The van der Waals surface area contributed by atoms with Gasteiger partial charge in [-0.1, -0.05) is 0 Å². The Morgan fingerprint density at radius 2 is 2.23 bits per heavy atom. The van der Waals surface area contributed by atoms with Crippen LogP contribution in [0.1, 0.15) is 6.42 Å². The largest absolute Gasteiger partial charge is 0.325 e. The molecule has 22 heavy (non-hydrogen) atoms. The standard InChI is InChI=1S/C14H16N4OS.2ClH/c19-14(7-10-9-20-6-5-16-10)18-13-2-4-17-12-1-3-15-8-11(12)13;;/h1-4,8,10,16H,5-7,9H2,(H,17,18,19);2*1H. The number of hydrogen-bond acceptors (Lipinski definition) is 5. The minimum atomic E-state index is 0. The number of nitrogens with one attached hydrogen (secondary N) is 2. The zero-order valence-electron chi connectivity index (χ0n) is 11.8. The Labute approximate surface area is 145 Å². The fourth-order valence-corrected chi connectivity index (χ4v) is 3.22. The Morgan fingerprint density at radius 1 is 1.36 bits per heavy atom. The second-order valence-corrected chi connectivity index (χ2v) is 5.88. The summed E-state index contributed by atoms with van der Waals surface area (Å²) in [7, 11) is 0. The topological polar surface area (TPSA) is 66.9 Å². The lowest BCUT2D eigenvalue weighted by molar-refractivity contribution is -0.116. The Kier molecular flexibility index (Phi) is 7.89. The van der Waals surface area contributed by atoms with Crippen LogP contribution in [0.2, 0.25) is 0 Å². The maximum Gasteiger partial charge on any atom is 0.225 e. The van der Waals surface area contributed by atoms with E-state index in [-0.39, 0.29) is 36.8 Å². The molecule has 3 heterocycles. The predicted molar refractivity (Wildman–Crippen MR) is 96.4 cm³/mol. The second kappa shape index (κ2) is 9.15. The first-order chi connectivity index (χ1) is 9.83. The van der Waals surface area contributed by atoms with Crippen molar-refractivity contribution >= 4 is 59.1 Å². The maximum atomic E-state index is 12.1. The van der Waals surface area contributed by atoms with Crippen molar-refractivity contribution in [3.63, 3.8) is 0 Å². The van der Waals surface area contributed by atoms with E-state index in [1.54, 1.807) is 18.6 Å². The average Bonchev–Trinajstić information content (AvgIpc) is 2.48. The van der Waals surface area contributed by atoms with Crippen molar-refractivity contribution in [2.45, 2.75) is 12.5 Å². The Hall–Kier alpha value is -1.08. The van der Waals surface area contributed by atoms with Gasteiger partial charge in [0.15, 0.2) is 0 Å². The van der Waals surface area contributed by atoms with Gasteiger partial charge in [0, 0.05) is 54.5 Å². The summed E-state index contributed by atoms with van der Waals surface area (Å²) >= 11 is 1.89. The molecule has 0 bridgehead atoms. The highest BCUT2D eigenvalue weighted by Crippen LogP contribution is 2.20. The van der Waals surface area contributed by atoms with Crippen LogP contribution in [0.5, 0.6) is 0 Å². The monoisotopic (exact) mass is 360 g/mol. The smallest absolute Gasteiger partial charge is 0.225 e. The van der Waals surface area contributed by atoms with Gasteiger partial charge in [-0.05, 0) is 12.1 Å². The quantitative estimate of drug-likeness (QED) is 0.879. The van der Waals surface area contributed by atoms with Crippen LogP contribution in [0.25, 0.3) is 10.9 Å². The number of amides is 1. The SMILES string of the molecule is Cl.Cl.O=C(CC1CSCCN1)Nc1ccnc2ccncc12. The number of aromatic nitrogens is 2. The molecule has 2 aromatic rings. The third-order valence-electron chi connectivity index (χ3n) is 3.25. The molecule has 1 amide bonds. The van der Waals surface area contributed by atoms with Crippen LogP contribution < -0.4 is 10.6 Å². The molecule has 3 rings (SSSR count). The molecule has 1 saturated heterocycles. The summed E-state index contributed by atoms with van der Waals surface area (Å²) < 4.78 is 0. The van der Waals surface area contributed by atoms with Crippen LogP contribution in [-0.2, 0) is 4.79 Å². The Bertz CT molecular complexity index is 617. The van der Waals surface area contributed by atoms with Crippen molar-refractivity contribution in [1.29, 1.82) is 0 Å². The zero-order valence-corrected chi connectivity index (χ0v) is 14.3. The number of carbonyl (C=O) groups excluding carboxylic acids is 1.